The zero-order valence-corrected chi connectivity index (χ0v) is 27.5. The van der Waals surface area contributed by atoms with Gasteiger partial charge in [-0.3, -0.25) is 9.20 Å². The van der Waals surface area contributed by atoms with E-state index in [1.807, 2.05) is 53.1 Å². The molecule has 6 aromatic heterocycles. The van der Waals surface area contributed by atoms with Crippen molar-refractivity contribution < 1.29 is 40.9 Å². The Labute approximate surface area is 281 Å². The van der Waals surface area contributed by atoms with Crippen LogP contribution in [0, 0.1) is 0 Å². The van der Waals surface area contributed by atoms with Crippen LogP contribution >= 0.6 is 55.1 Å². The number of hydrogen-bond donors (Lipinski definition) is 1. The number of hydrogen-bond acceptors (Lipinski definition) is 6. The third-order valence-corrected chi connectivity index (χ3v) is 7.05. The van der Waals surface area contributed by atoms with Gasteiger partial charge < -0.3 is 10.9 Å². The van der Waals surface area contributed by atoms with Crippen molar-refractivity contribution in [1.29, 1.82) is 0 Å². The Morgan fingerprint density at radius 3 is 1.90 bits per heavy atom. The molecule has 0 aliphatic rings. The molecule has 6 rings (SSSR count). The van der Waals surface area contributed by atoms with E-state index >= 15 is 0 Å². The van der Waals surface area contributed by atoms with Crippen molar-refractivity contribution in [3.8, 4) is 22.5 Å². The third kappa shape index (κ3) is 6.52. The van der Waals surface area contributed by atoms with Crippen LogP contribution in [0.15, 0.2) is 82.3 Å². The number of aliphatic hydroxyl groups excluding tert-OH is 1. The fourth-order valence-corrected chi connectivity index (χ4v) is 4.96. The smallest absolute Gasteiger partial charge is 1.00 e. The maximum Gasteiger partial charge on any atom is 1.00 e. The van der Waals surface area contributed by atoms with E-state index in [0.29, 0.717) is 49.9 Å². The molecule has 40 heavy (non-hydrogen) atoms. The van der Waals surface area contributed by atoms with Gasteiger partial charge in [-0.15, -0.1) is 0 Å². The second-order valence-corrected chi connectivity index (χ2v) is 10.4. The molecule has 0 saturated carbocycles. The molecule has 0 bridgehead atoms. The number of pyridine rings is 4. The van der Waals surface area contributed by atoms with Crippen LogP contribution in [0.4, 0.5) is 0 Å². The van der Waals surface area contributed by atoms with Gasteiger partial charge in [-0.25, -0.2) is 19.9 Å². The molecule has 0 aliphatic carbocycles. The summed E-state index contributed by atoms with van der Waals surface area (Å²) in [4.78, 5) is 28.4. The minimum absolute atomic E-state index is 0. The van der Waals surface area contributed by atoms with Gasteiger partial charge in [0.05, 0.1) is 18.0 Å². The van der Waals surface area contributed by atoms with Crippen LogP contribution < -0.4 is 29.6 Å². The summed E-state index contributed by atoms with van der Waals surface area (Å²) in [6.45, 7) is -0.122. The van der Waals surface area contributed by atoms with Gasteiger partial charge in [0.1, 0.15) is 33.0 Å². The summed E-state index contributed by atoms with van der Waals surface area (Å²) < 4.78 is 5.15. The topological polar surface area (TPSA) is 97.7 Å². The Morgan fingerprint density at radius 1 is 0.850 bits per heavy atom. The molecule has 0 unspecified atom stereocenters. The van der Waals surface area contributed by atoms with Crippen molar-refractivity contribution in [1.82, 2.24) is 28.7 Å². The molecular weight excluding hydrogens is 693 g/mol. The minimum Gasteiger partial charge on any atom is -1.00 e. The molecule has 195 valence electrons. The van der Waals surface area contributed by atoms with Crippen LogP contribution in [-0.2, 0) is 6.61 Å². The first-order valence-corrected chi connectivity index (χ1v) is 13.4. The van der Waals surface area contributed by atoms with E-state index in [9.17, 15) is 9.90 Å². The first kappa shape index (κ1) is 32.4. The monoisotopic (exact) mass is 707 g/mol. The number of aldehydes is 1. The molecule has 0 amide bonds. The maximum absolute atomic E-state index is 11.3. The summed E-state index contributed by atoms with van der Waals surface area (Å²) >= 11 is 18.9. The maximum atomic E-state index is 11.3. The summed E-state index contributed by atoms with van der Waals surface area (Å²) in [7, 11) is 0. The third-order valence-electron chi connectivity index (χ3n) is 5.58. The van der Waals surface area contributed by atoms with E-state index in [1.54, 1.807) is 29.1 Å². The number of carbonyl (C=O) groups excluding carboxylic acids is 1. The molecule has 0 aromatic carbocycles. The number of aromatic nitrogens is 6. The fraction of sp³-hybridized carbons (Fsp3) is 0.0385. The van der Waals surface area contributed by atoms with Crippen LogP contribution in [0.25, 0.3) is 33.8 Å². The number of halogens is 4. The first-order chi connectivity index (χ1) is 18.4. The van der Waals surface area contributed by atoms with Crippen molar-refractivity contribution in [2.75, 3.05) is 0 Å². The summed E-state index contributed by atoms with van der Waals surface area (Å²) in [5.41, 5.74) is 5.10. The van der Waals surface area contributed by atoms with Gasteiger partial charge in [0.2, 0.25) is 0 Å². The Bertz CT molecular complexity index is 1820. The van der Waals surface area contributed by atoms with Crippen molar-refractivity contribution in [2.24, 2.45) is 0 Å². The van der Waals surface area contributed by atoms with E-state index in [2.05, 4.69) is 51.8 Å². The van der Waals surface area contributed by atoms with E-state index < -0.39 is 0 Å². The number of carbonyl (C=O) groups is 1. The molecule has 6 aromatic rings. The molecule has 14 heteroatoms. The van der Waals surface area contributed by atoms with Crippen molar-refractivity contribution in [3.63, 3.8) is 0 Å². The summed E-state index contributed by atoms with van der Waals surface area (Å²) in [6.07, 6.45) is 7.64. The molecule has 0 atom stereocenters. The predicted octanol–water partition coefficient (Wildman–Crippen LogP) is 3.66. The van der Waals surface area contributed by atoms with Gasteiger partial charge in [0.15, 0.2) is 6.29 Å². The number of fused-ring (bicyclic) bond motifs is 2. The van der Waals surface area contributed by atoms with Crippen LogP contribution in [0.1, 0.15) is 17.6 Å². The Hall–Kier alpha value is -2.09. The molecule has 1 N–H and O–H groups in total. The Kier molecular flexibility index (Phi) is 11.5. The summed E-state index contributed by atoms with van der Waals surface area (Å²) in [6, 6.07) is 14.8. The average Bonchev–Trinajstić information content (AvgIpc) is 3.49. The van der Waals surface area contributed by atoms with Crippen LogP contribution in [0.2, 0.25) is 10.3 Å². The van der Waals surface area contributed by atoms with E-state index in [0.717, 1.165) is 20.9 Å². The molecule has 0 spiro atoms. The summed E-state index contributed by atoms with van der Waals surface area (Å²) in [5.74, 6) is 0. The summed E-state index contributed by atoms with van der Waals surface area (Å²) in [5, 5.41) is 10.3. The average molecular weight is 710 g/mol. The van der Waals surface area contributed by atoms with Crippen LogP contribution in [0.3, 0.4) is 0 Å². The van der Waals surface area contributed by atoms with E-state index in [1.165, 1.54) is 0 Å². The minimum atomic E-state index is -0.122. The van der Waals surface area contributed by atoms with Gasteiger partial charge in [0, 0.05) is 53.3 Å². The second kappa shape index (κ2) is 14.2. The van der Waals surface area contributed by atoms with Gasteiger partial charge >= 0.3 is 29.6 Å². The molecule has 8 nitrogen and oxygen atoms in total. The molecule has 0 aliphatic heterocycles. The molecule has 3 radical (unpaired) electrons. The van der Waals surface area contributed by atoms with Crippen LogP contribution in [0.5, 0.6) is 0 Å². The number of imidazole rings is 2. The van der Waals surface area contributed by atoms with Crippen LogP contribution in [-0.4, -0.2) is 48.5 Å². The van der Waals surface area contributed by atoms with Gasteiger partial charge in [-0.2, -0.15) is 0 Å². The molecule has 6 heterocycles. The molecule has 0 saturated heterocycles. The zero-order valence-electron chi connectivity index (χ0n) is 21.8. The number of aliphatic hydroxyl groups is 1. The predicted molar refractivity (Wildman–Crippen MR) is 160 cm³/mol. The van der Waals surface area contributed by atoms with Crippen molar-refractivity contribution in [2.45, 2.75) is 6.61 Å². The Balaban J connectivity index is 0.000000267. The first-order valence-electron chi connectivity index (χ1n) is 11.0. The van der Waals surface area contributed by atoms with Gasteiger partial charge in [-0.05, 0) is 68.3 Å². The SMILES string of the molecule is O=Cc1c(-c2cc(Br)cnc2Cl)nc2ccccn12.OCc1c(-c2cc(Br)cnc2Cl)nc2ccccn12.[B].[H-].[Na+]. The van der Waals surface area contributed by atoms with Gasteiger partial charge in [-0.1, -0.05) is 35.3 Å². The largest absolute Gasteiger partial charge is 1.00 e. The van der Waals surface area contributed by atoms with Gasteiger partial charge in [0.25, 0.3) is 0 Å². The number of nitrogens with zero attached hydrogens (tertiary/aromatic N) is 6. The normalized spacial score (nSPS) is 10.4. The Morgan fingerprint density at radius 2 is 1.35 bits per heavy atom. The standard InChI is InChI=1S/C13H9BrClN3O.C13H7BrClN3O.B.Na.H/c2*14-8-5-9(13(15)16-6-8)12-10(7-19)18-4-2-1-3-11(18)17-12;;;/h1-6,19H,7H2;1-7H;;;/q;;;+1;-1. The molecule has 0 fully saturated rings. The van der Waals surface area contributed by atoms with E-state index in [4.69, 9.17) is 23.2 Å². The zero-order chi connectivity index (χ0) is 26.8. The second-order valence-electron chi connectivity index (χ2n) is 7.87. The quantitative estimate of drug-likeness (QED) is 0.171. The fourth-order valence-electron chi connectivity index (χ4n) is 3.92. The van der Waals surface area contributed by atoms with Crippen molar-refractivity contribution >= 4 is 81.1 Å². The van der Waals surface area contributed by atoms with Crippen molar-refractivity contribution in [3.05, 3.63) is 104 Å². The van der Waals surface area contributed by atoms with E-state index in [-0.39, 0.29) is 46.0 Å². The molecular formula is C26H17BBr2Cl2N6NaO2. The number of rotatable bonds is 4.